The molecule has 1 saturated heterocycles. The summed E-state index contributed by atoms with van der Waals surface area (Å²) in [6.07, 6.45) is 0. The molecule has 1 amide bonds. The average molecular weight is 465 g/mol. The van der Waals surface area contributed by atoms with E-state index in [1.54, 1.807) is 12.1 Å². The molecule has 3 aromatic rings. The van der Waals surface area contributed by atoms with Crippen LogP contribution in [-0.2, 0) is 14.8 Å². The van der Waals surface area contributed by atoms with E-state index in [4.69, 9.17) is 4.74 Å². The second kappa shape index (κ2) is 7.63. The molecule has 2 N–H and O–H groups in total. The number of nitrogens with one attached hydrogen (secondary N) is 2. The van der Waals surface area contributed by atoms with Crippen molar-refractivity contribution < 1.29 is 17.9 Å². The van der Waals surface area contributed by atoms with Gasteiger partial charge in [-0.25, -0.2) is 13.4 Å². The number of para-hydroxylation sites is 2. The van der Waals surface area contributed by atoms with E-state index in [2.05, 4.69) is 31.2 Å². The van der Waals surface area contributed by atoms with Crippen molar-refractivity contribution in [1.29, 1.82) is 0 Å². The van der Waals surface area contributed by atoms with Gasteiger partial charge < -0.3 is 9.72 Å². The Morgan fingerprint density at radius 2 is 1.93 bits per heavy atom. The number of aromatic nitrogens is 2. The number of nitrogens with zero attached hydrogens (tertiary/aromatic N) is 2. The van der Waals surface area contributed by atoms with E-state index >= 15 is 0 Å². The lowest BCUT2D eigenvalue weighted by atomic mass is 10.2. The van der Waals surface area contributed by atoms with Crippen molar-refractivity contribution >= 4 is 48.8 Å². The van der Waals surface area contributed by atoms with Gasteiger partial charge in [0.1, 0.15) is 0 Å². The zero-order valence-electron chi connectivity index (χ0n) is 14.7. The zero-order chi connectivity index (χ0) is 19.7. The summed E-state index contributed by atoms with van der Waals surface area (Å²) in [5.41, 5.74) is 1.74. The number of rotatable bonds is 4. The first-order valence-corrected chi connectivity index (χ1v) is 10.8. The molecule has 0 unspecified atom stereocenters. The van der Waals surface area contributed by atoms with Crippen LogP contribution in [0.4, 0.5) is 5.95 Å². The van der Waals surface area contributed by atoms with Crippen molar-refractivity contribution in [3.63, 3.8) is 0 Å². The Kier molecular flexibility index (Phi) is 5.19. The van der Waals surface area contributed by atoms with Crippen molar-refractivity contribution in [3.05, 3.63) is 52.5 Å². The lowest BCUT2D eigenvalue weighted by Gasteiger charge is -2.26. The maximum Gasteiger partial charge on any atom is 0.258 e. The van der Waals surface area contributed by atoms with Crippen LogP contribution in [0.15, 0.2) is 51.8 Å². The molecule has 0 bridgehead atoms. The van der Waals surface area contributed by atoms with E-state index in [9.17, 15) is 13.2 Å². The van der Waals surface area contributed by atoms with Gasteiger partial charge in [0.2, 0.25) is 16.0 Å². The number of aromatic amines is 1. The van der Waals surface area contributed by atoms with Crippen LogP contribution < -0.4 is 5.32 Å². The number of hydrogen-bond acceptors (Lipinski definition) is 5. The minimum Gasteiger partial charge on any atom is -0.379 e. The predicted molar refractivity (Wildman–Crippen MR) is 108 cm³/mol. The monoisotopic (exact) mass is 464 g/mol. The topological polar surface area (TPSA) is 104 Å². The third-order valence-corrected chi connectivity index (χ3v) is 7.30. The molecule has 10 heteroatoms. The van der Waals surface area contributed by atoms with Crippen LogP contribution in [0.5, 0.6) is 0 Å². The van der Waals surface area contributed by atoms with Crippen LogP contribution >= 0.6 is 15.9 Å². The molecule has 2 aromatic carbocycles. The van der Waals surface area contributed by atoms with Gasteiger partial charge in [-0.1, -0.05) is 12.1 Å². The van der Waals surface area contributed by atoms with E-state index in [0.29, 0.717) is 23.6 Å². The largest absolute Gasteiger partial charge is 0.379 e. The summed E-state index contributed by atoms with van der Waals surface area (Å²) in [6, 6.07) is 11.9. The van der Waals surface area contributed by atoms with Gasteiger partial charge in [0.05, 0.1) is 29.1 Å². The summed E-state index contributed by atoms with van der Waals surface area (Å²) < 4.78 is 32.9. The zero-order valence-corrected chi connectivity index (χ0v) is 17.1. The first kappa shape index (κ1) is 19.1. The van der Waals surface area contributed by atoms with Crippen LogP contribution in [0.2, 0.25) is 0 Å². The van der Waals surface area contributed by atoms with Crippen LogP contribution in [-0.4, -0.2) is 54.9 Å². The number of carbonyl (C=O) groups excluding carboxylic acids is 1. The van der Waals surface area contributed by atoms with Crippen molar-refractivity contribution in [2.24, 2.45) is 0 Å². The van der Waals surface area contributed by atoms with Gasteiger partial charge in [-0.15, -0.1) is 0 Å². The molecule has 2 heterocycles. The second-order valence-corrected chi connectivity index (χ2v) is 8.98. The molecule has 4 rings (SSSR count). The van der Waals surface area contributed by atoms with E-state index in [0.717, 1.165) is 11.0 Å². The number of fused-ring (bicyclic) bond motifs is 1. The quantitative estimate of drug-likeness (QED) is 0.617. The van der Waals surface area contributed by atoms with Crippen molar-refractivity contribution in [2.45, 2.75) is 4.90 Å². The molecule has 0 atom stereocenters. The highest BCUT2D eigenvalue weighted by Crippen LogP contribution is 2.27. The predicted octanol–water partition coefficient (Wildman–Crippen LogP) is 2.60. The SMILES string of the molecule is O=C(Nc1nc2ccccc2[nH]1)c1ccc(Br)c(S(=O)(=O)N2CCOCC2)c1. The fourth-order valence-electron chi connectivity index (χ4n) is 2.96. The molecule has 0 spiro atoms. The smallest absolute Gasteiger partial charge is 0.258 e. The number of H-pyrrole nitrogens is 1. The Labute approximate surface area is 170 Å². The van der Waals surface area contributed by atoms with E-state index in [-0.39, 0.29) is 23.5 Å². The fourth-order valence-corrected chi connectivity index (χ4v) is 5.32. The minimum atomic E-state index is -3.74. The second-order valence-electron chi connectivity index (χ2n) is 6.22. The molecule has 28 heavy (non-hydrogen) atoms. The number of imidazole rings is 1. The number of amides is 1. The first-order valence-electron chi connectivity index (χ1n) is 8.59. The van der Waals surface area contributed by atoms with Gasteiger partial charge in [-0.2, -0.15) is 4.31 Å². The van der Waals surface area contributed by atoms with Gasteiger partial charge in [0.25, 0.3) is 5.91 Å². The van der Waals surface area contributed by atoms with Gasteiger partial charge >= 0.3 is 0 Å². The Hall–Kier alpha value is -2.27. The summed E-state index contributed by atoms with van der Waals surface area (Å²) in [4.78, 5) is 20.0. The van der Waals surface area contributed by atoms with E-state index in [1.165, 1.54) is 10.4 Å². The van der Waals surface area contributed by atoms with Crippen LogP contribution in [0.1, 0.15) is 10.4 Å². The maximum absolute atomic E-state index is 12.9. The van der Waals surface area contributed by atoms with Gasteiger partial charge in [0.15, 0.2) is 0 Å². The number of morpholine rings is 1. The number of carbonyl (C=O) groups is 1. The molecule has 1 aromatic heterocycles. The number of hydrogen-bond donors (Lipinski definition) is 2. The van der Waals surface area contributed by atoms with Crippen molar-refractivity contribution in [3.8, 4) is 0 Å². The normalized spacial score (nSPS) is 15.6. The summed E-state index contributed by atoms with van der Waals surface area (Å²) in [5.74, 6) is -0.156. The highest BCUT2D eigenvalue weighted by Gasteiger charge is 2.29. The lowest BCUT2D eigenvalue weighted by Crippen LogP contribution is -2.40. The molecule has 146 valence electrons. The molecule has 1 aliphatic rings. The fraction of sp³-hybridized carbons (Fsp3) is 0.222. The number of benzene rings is 2. The minimum absolute atomic E-state index is 0.0478. The molecule has 0 radical (unpaired) electrons. The number of ether oxygens (including phenoxy) is 1. The summed E-state index contributed by atoms with van der Waals surface area (Å²) in [5, 5.41) is 2.68. The highest BCUT2D eigenvalue weighted by molar-refractivity contribution is 9.10. The molecule has 0 aliphatic carbocycles. The van der Waals surface area contributed by atoms with Crippen molar-refractivity contribution in [1.82, 2.24) is 14.3 Å². The van der Waals surface area contributed by atoms with Gasteiger partial charge in [-0.05, 0) is 46.3 Å². The Morgan fingerprint density at radius 1 is 1.18 bits per heavy atom. The maximum atomic E-state index is 12.9. The Morgan fingerprint density at radius 3 is 2.68 bits per heavy atom. The van der Waals surface area contributed by atoms with Crippen LogP contribution in [0, 0.1) is 0 Å². The Bertz CT molecular complexity index is 1110. The molecule has 1 aliphatic heterocycles. The first-order chi connectivity index (χ1) is 13.4. The third-order valence-electron chi connectivity index (χ3n) is 4.40. The molecular formula is C18H17BrN4O4S. The summed E-state index contributed by atoms with van der Waals surface area (Å²) >= 11 is 3.28. The van der Waals surface area contributed by atoms with Gasteiger partial charge in [-0.3, -0.25) is 10.1 Å². The summed E-state index contributed by atoms with van der Waals surface area (Å²) in [6.45, 7) is 1.26. The average Bonchev–Trinajstić information content (AvgIpc) is 3.11. The van der Waals surface area contributed by atoms with Gasteiger partial charge in [0, 0.05) is 23.1 Å². The standard InChI is InChI=1S/C18H17BrN4O4S/c19-13-6-5-12(11-16(13)28(25,26)23-7-9-27-10-8-23)17(24)22-18-20-14-3-1-2-4-15(14)21-18/h1-6,11H,7-10H2,(H2,20,21,22,24). The van der Waals surface area contributed by atoms with Crippen LogP contribution in [0.3, 0.4) is 0 Å². The molecular weight excluding hydrogens is 448 g/mol. The molecule has 8 nitrogen and oxygen atoms in total. The highest BCUT2D eigenvalue weighted by atomic mass is 79.9. The summed E-state index contributed by atoms with van der Waals surface area (Å²) in [7, 11) is -3.74. The van der Waals surface area contributed by atoms with Crippen molar-refractivity contribution in [2.75, 3.05) is 31.6 Å². The van der Waals surface area contributed by atoms with E-state index in [1.807, 2.05) is 24.3 Å². The number of anilines is 1. The van der Waals surface area contributed by atoms with E-state index < -0.39 is 15.9 Å². The molecule has 1 fully saturated rings. The lowest BCUT2D eigenvalue weighted by molar-refractivity contribution is 0.0730. The Balaban J connectivity index is 1.61. The number of halogens is 1. The third kappa shape index (κ3) is 3.68. The molecule has 0 saturated carbocycles. The number of sulfonamides is 1. The van der Waals surface area contributed by atoms with Crippen LogP contribution in [0.25, 0.3) is 11.0 Å².